The molecule has 2 rings (SSSR count). The lowest BCUT2D eigenvalue weighted by Gasteiger charge is -2.23. The highest BCUT2D eigenvalue weighted by Gasteiger charge is 2.16. The summed E-state index contributed by atoms with van der Waals surface area (Å²) in [4.78, 5) is 0. The Balaban J connectivity index is 2.10. The predicted molar refractivity (Wildman–Crippen MR) is 60.5 cm³/mol. The van der Waals surface area contributed by atoms with Gasteiger partial charge in [-0.15, -0.1) is 0 Å². The van der Waals surface area contributed by atoms with E-state index in [1.807, 2.05) is 6.07 Å². The van der Waals surface area contributed by atoms with E-state index in [4.69, 9.17) is 0 Å². The van der Waals surface area contributed by atoms with Gasteiger partial charge >= 0.3 is 0 Å². The van der Waals surface area contributed by atoms with Crippen molar-refractivity contribution in [2.24, 2.45) is 5.92 Å². The quantitative estimate of drug-likeness (QED) is 0.834. The van der Waals surface area contributed by atoms with Crippen molar-refractivity contribution in [2.75, 3.05) is 13.1 Å². The predicted octanol–water partition coefficient (Wildman–Crippen LogP) is 2.84. The molecule has 1 aromatic carbocycles. The smallest absolute Gasteiger partial charge is 0.129 e. The summed E-state index contributed by atoms with van der Waals surface area (Å²) in [6.45, 7) is 1.32. The van der Waals surface area contributed by atoms with Crippen LogP contribution in [0.15, 0.2) is 18.2 Å². The summed E-state index contributed by atoms with van der Waals surface area (Å²) in [5.74, 6) is 0.101. The van der Waals surface area contributed by atoms with Gasteiger partial charge in [-0.05, 0) is 49.9 Å². The van der Waals surface area contributed by atoms with Gasteiger partial charge in [0.05, 0.1) is 0 Å². The molecule has 0 spiro atoms. The lowest BCUT2D eigenvalue weighted by Crippen LogP contribution is -2.31. The number of rotatable bonds is 3. The zero-order valence-corrected chi connectivity index (χ0v) is 9.31. The molecule has 0 aliphatic carbocycles. The van der Waals surface area contributed by atoms with Crippen LogP contribution in [0.4, 0.5) is 8.78 Å². The monoisotopic (exact) mass is 225 g/mol. The van der Waals surface area contributed by atoms with Gasteiger partial charge in [0.25, 0.3) is 0 Å². The number of halogens is 2. The van der Waals surface area contributed by atoms with Crippen molar-refractivity contribution in [2.45, 2.75) is 25.9 Å². The van der Waals surface area contributed by atoms with Crippen molar-refractivity contribution in [3.05, 3.63) is 35.1 Å². The average Bonchev–Trinajstić information content (AvgIpc) is 2.31. The van der Waals surface area contributed by atoms with E-state index in [1.165, 1.54) is 6.07 Å². The van der Waals surface area contributed by atoms with Crippen LogP contribution in [0, 0.1) is 11.7 Å². The van der Waals surface area contributed by atoms with E-state index in [2.05, 4.69) is 5.32 Å². The Morgan fingerprint density at radius 1 is 1.38 bits per heavy atom. The molecule has 1 nitrogen and oxygen atoms in total. The molecule has 0 saturated carbocycles. The fourth-order valence-electron chi connectivity index (χ4n) is 2.35. The molecule has 16 heavy (non-hydrogen) atoms. The summed E-state index contributed by atoms with van der Waals surface area (Å²) in [7, 11) is 0. The molecule has 1 heterocycles. The average molecular weight is 225 g/mol. The Morgan fingerprint density at radius 3 is 2.94 bits per heavy atom. The molecule has 1 saturated heterocycles. The lowest BCUT2D eigenvalue weighted by atomic mass is 9.90. The number of hydrogen-bond acceptors (Lipinski definition) is 1. The molecule has 0 amide bonds. The molecule has 3 heteroatoms. The van der Waals surface area contributed by atoms with Crippen LogP contribution in [0.25, 0.3) is 0 Å². The molecule has 1 fully saturated rings. The van der Waals surface area contributed by atoms with Crippen LogP contribution in [0.2, 0.25) is 0 Å². The van der Waals surface area contributed by atoms with Gasteiger partial charge in [0.15, 0.2) is 0 Å². The first-order valence-corrected chi connectivity index (χ1v) is 5.84. The number of piperidine rings is 1. The van der Waals surface area contributed by atoms with Gasteiger partial charge in [-0.3, -0.25) is 0 Å². The summed E-state index contributed by atoms with van der Waals surface area (Å²) >= 11 is 0. The Bertz CT molecular complexity index is 346. The third-order valence-electron chi connectivity index (χ3n) is 3.26. The second-order valence-corrected chi connectivity index (χ2v) is 4.43. The van der Waals surface area contributed by atoms with Gasteiger partial charge in [-0.25, -0.2) is 8.78 Å². The number of nitrogens with one attached hydrogen (secondary N) is 1. The summed E-state index contributed by atoms with van der Waals surface area (Å²) in [6.07, 6.45) is 3.09. The van der Waals surface area contributed by atoms with E-state index < -0.39 is 12.5 Å². The zero-order chi connectivity index (χ0) is 11.4. The third-order valence-corrected chi connectivity index (χ3v) is 3.26. The molecule has 0 aromatic heterocycles. The molecule has 1 aromatic rings. The highest BCUT2D eigenvalue weighted by molar-refractivity contribution is 5.28. The first-order chi connectivity index (χ1) is 7.81. The zero-order valence-electron chi connectivity index (χ0n) is 9.31. The molecule has 1 N–H and O–H groups in total. The van der Waals surface area contributed by atoms with Crippen molar-refractivity contribution in [3.63, 3.8) is 0 Å². The van der Waals surface area contributed by atoms with Gasteiger partial charge in [-0.2, -0.15) is 0 Å². The van der Waals surface area contributed by atoms with Crippen LogP contribution in [0.5, 0.6) is 0 Å². The maximum absolute atomic E-state index is 13.3. The number of benzene rings is 1. The molecule has 88 valence electrons. The Labute approximate surface area is 94.9 Å². The van der Waals surface area contributed by atoms with Gasteiger partial charge in [0.1, 0.15) is 12.5 Å². The molecule has 1 unspecified atom stereocenters. The summed E-state index contributed by atoms with van der Waals surface area (Å²) in [5.41, 5.74) is 1.07. The van der Waals surface area contributed by atoms with Crippen LogP contribution < -0.4 is 5.32 Å². The normalized spacial score (nSPS) is 21.0. The first kappa shape index (κ1) is 11.5. The summed E-state index contributed by atoms with van der Waals surface area (Å²) in [5, 5.41) is 3.32. The van der Waals surface area contributed by atoms with E-state index in [1.54, 1.807) is 6.07 Å². The SMILES string of the molecule is FCc1c(F)cccc1CC1CCCNC1. The minimum absolute atomic E-state index is 0.244. The maximum Gasteiger partial charge on any atom is 0.129 e. The first-order valence-electron chi connectivity index (χ1n) is 5.84. The van der Waals surface area contributed by atoms with E-state index in [0.29, 0.717) is 5.92 Å². The van der Waals surface area contributed by atoms with Crippen molar-refractivity contribution in [3.8, 4) is 0 Å². The second-order valence-electron chi connectivity index (χ2n) is 4.43. The Hall–Kier alpha value is -0.960. The standard InChI is InChI=1S/C13H17F2N/c14-8-12-11(4-1-5-13(12)15)7-10-3-2-6-16-9-10/h1,4-5,10,16H,2-3,6-9H2. The molecular formula is C13H17F2N. The summed E-state index contributed by atoms with van der Waals surface area (Å²) < 4.78 is 26.1. The van der Waals surface area contributed by atoms with Crippen LogP contribution in [-0.4, -0.2) is 13.1 Å². The Morgan fingerprint density at radius 2 is 2.25 bits per heavy atom. The van der Waals surface area contributed by atoms with Crippen molar-refractivity contribution in [1.82, 2.24) is 5.32 Å². The highest BCUT2D eigenvalue weighted by atomic mass is 19.1. The van der Waals surface area contributed by atoms with Crippen LogP contribution in [0.3, 0.4) is 0 Å². The topological polar surface area (TPSA) is 12.0 Å². The van der Waals surface area contributed by atoms with E-state index in [-0.39, 0.29) is 5.56 Å². The van der Waals surface area contributed by atoms with Crippen LogP contribution in [0.1, 0.15) is 24.0 Å². The minimum atomic E-state index is -0.706. The number of alkyl halides is 1. The van der Waals surface area contributed by atoms with E-state index in [9.17, 15) is 8.78 Å². The summed E-state index contributed by atoms with van der Waals surface area (Å²) in [6, 6.07) is 4.84. The maximum atomic E-state index is 13.3. The second kappa shape index (κ2) is 5.39. The minimum Gasteiger partial charge on any atom is -0.316 e. The molecule has 0 bridgehead atoms. The van der Waals surface area contributed by atoms with Gasteiger partial charge in [0.2, 0.25) is 0 Å². The molecule has 0 radical (unpaired) electrons. The van der Waals surface area contributed by atoms with E-state index in [0.717, 1.165) is 37.9 Å². The molecule has 1 atom stereocenters. The third kappa shape index (κ3) is 2.59. The number of hydrogen-bond donors (Lipinski definition) is 1. The largest absolute Gasteiger partial charge is 0.316 e. The molecular weight excluding hydrogens is 208 g/mol. The molecule has 1 aliphatic heterocycles. The van der Waals surface area contributed by atoms with Crippen molar-refractivity contribution >= 4 is 0 Å². The van der Waals surface area contributed by atoms with Crippen molar-refractivity contribution in [1.29, 1.82) is 0 Å². The molecule has 1 aliphatic rings. The Kier molecular flexibility index (Phi) is 3.88. The fraction of sp³-hybridized carbons (Fsp3) is 0.538. The van der Waals surface area contributed by atoms with Gasteiger partial charge in [-0.1, -0.05) is 12.1 Å². The lowest BCUT2D eigenvalue weighted by molar-refractivity contribution is 0.372. The van der Waals surface area contributed by atoms with Crippen LogP contribution >= 0.6 is 0 Å². The van der Waals surface area contributed by atoms with Crippen LogP contribution in [-0.2, 0) is 13.1 Å². The highest BCUT2D eigenvalue weighted by Crippen LogP contribution is 2.21. The van der Waals surface area contributed by atoms with Gasteiger partial charge < -0.3 is 5.32 Å². The van der Waals surface area contributed by atoms with Crippen molar-refractivity contribution < 1.29 is 8.78 Å². The van der Waals surface area contributed by atoms with Gasteiger partial charge in [0, 0.05) is 5.56 Å². The fourth-order valence-corrected chi connectivity index (χ4v) is 2.35. The van der Waals surface area contributed by atoms with E-state index >= 15 is 0 Å².